The molecule has 6 nitrogen and oxygen atoms in total. The van der Waals surface area contributed by atoms with Gasteiger partial charge in [-0.1, -0.05) is 0 Å². The number of carbonyl (C=O) groups excluding carboxylic acids is 1. The fraction of sp³-hybridized carbons (Fsp3) is 0.643. The van der Waals surface area contributed by atoms with Crippen LogP contribution in [0.15, 0.2) is 0 Å². The maximum Gasteiger partial charge on any atom is 0.347 e. The molecule has 1 aliphatic rings. The standard InChI is InChI=1S/C14H20N2O4S/c1-7-6-10(4-5-20-7)12(17)15-9(3)13-16-8(2)11(21-13)14(18)19/h7,9-10H,4-6H2,1-3H3,(H,15,17)(H,18,19). The number of aromatic carboxylic acids is 1. The van der Waals surface area contributed by atoms with Gasteiger partial charge in [0, 0.05) is 12.5 Å². The second kappa shape index (κ2) is 6.53. The molecule has 0 aromatic carbocycles. The molecule has 1 fully saturated rings. The van der Waals surface area contributed by atoms with Crippen molar-refractivity contribution in [3.05, 3.63) is 15.6 Å². The van der Waals surface area contributed by atoms with Crippen LogP contribution in [-0.4, -0.2) is 34.7 Å². The Morgan fingerprint density at radius 1 is 1.52 bits per heavy atom. The highest BCUT2D eigenvalue weighted by atomic mass is 32.1. The Hall–Kier alpha value is -1.47. The summed E-state index contributed by atoms with van der Waals surface area (Å²) in [5, 5.41) is 12.6. The molecule has 1 amide bonds. The number of rotatable bonds is 4. The Balaban J connectivity index is 2.00. The smallest absolute Gasteiger partial charge is 0.347 e. The summed E-state index contributed by atoms with van der Waals surface area (Å²) in [5.41, 5.74) is 0.489. The number of carboxylic acid groups (broad SMARTS) is 1. The van der Waals surface area contributed by atoms with Crippen molar-refractivity contribution < 1.29 is 19.4 Å². The van der Waals surface area contributed by atoms with E-state index < -0.39 is 5.97 Å². The van der Waals surface area contributed by atoms with Crippen LogP contribution in [-0.2, 0) is 9.53 Å². The van der Waals surface area contributed by atoms with Crippen LogP contribution in [0.3, 0.4) is 0 Å². The molecule has 2 heterocycles. The maximum absolute atomic E-state index is 12.2. The van der Waals surface area contributed by atoms with E-state index in [0.29, 0.717) is 17.3 Å². The molecule has 0 bridgehead atoms. The maximum atomic E-state index is 12.2. The van der Waals surface area contributed by atoms with Gasteiger partial charge in [-0.2, -0.15) is 0 Å². The third-order valence-electron chi connectivity index (χ3n) is 3.59. The van der Waals surface area contributed by atoms with Crippen LogP contribution < -0.4 is 5.32 Å². The summed E-state index contributed by atoms with van der Waals surface area (Å²) in [6.07, 6.45) is 1.54. The summed E-state index contributed by atoms with van der Waals surface area (Å²) in [4.78, 5) is 27.8. The molecule has 2 rings (SSSR count). The number of nitrogens with one attached hydrogen (secondary N) is 1. The zero-order valence-corrected chi connectivity index (χ0v) is 13.2. The number of aryl methyl sites for hydroxylation is 1. The van der Waals surface area contributed by atoms with Crippen LogP contribution in [0.4, 0.5) is 0 Å². The van der Waals surface area contributed by atoms with Gasteiger partial charge in [0.2, 0.25) is 5.91 Å². The zero-order valence-electron chi connectivity index (χ0n) is 12.4. The average Bonchev–Trinajstić information content (AvgIpc) is 2.81. The van der Waals surface area contributed by atoms with Gasteiger partial charge < -0.3 is 15.2 Å². The first kappa shape index (κ1) is 15.9. The lowest BCUT2D eigenvalue weighted by molar-refractivity contribution is -0.130. The van der Waals surface area contributed by atoms with E-state index in [4.69, 9.17) is 9.84 Å². The minimum absolute atomic E-state index is 0.0117. The van der Waals surface area contributed by atoms with Crippen molar-refractivity contribution in [2.24, 2.45) is 5.92 Å². The van der Waals surface area contributed by atoms with Crippen LogP contribution in [0.25, 0.3) is 0 Å². The molecule has 0 aliphatic carbocycles. The van der Waals surface area contributed by atoms with Gasteiger partial charge in [0.25, 0.3) is 0 Å². The molecular weight excluding hydrogens is 292 g/mol. The van der Waals surface area contributed by atoms with Gasteiger partial charge in [-0.05, 0) is 33.6 Å². The minimum Gasteiger partial charge on any atom is -0.477 e. The number of hydrogen-bond acceptors (Lipinski definition) is 5. The Morgan fingerprint density at radius 2 is 2.24 bits per heavy atom. The molecule has 1 saturated heterocycles. The van der Waals surface area contributed by atoms with E-state index in [1.165, 1.54) is 0 Å². The second-order valence-electron chi connectivity index (χ2n) is 5.40. The van der Waals surface area contributed by atoms with Gasteiger partial charge in [-0.25, -0.2) is 9.78 Å². The number of carboxylic acids is 1. The summed E-state index contributed by atoms with van der Waals surface area (Å²) in [5.74, 6) is -1.04. The largest absolute Gasteiger partial charge is 0.477 e. The van der Waals surface area contributed by atoms with E-state index in [2.05, 4.69) is 10.3 Å². The molecule has 3 unspecified atom stereocenters. The number of ether oxygens (including phenoxy) is 1. The van der Waals surface area contributed by atoms with E-state index in [1.54, 1.807) is 6.92 Å². The summed E-state index contributed by atoms with van der Waals surface area (Å²) in [6.45, 7) is 6.06. The fourth-order valence-electron chi connectivity index (χ4n) is 2.43. The van der Waals surface area contributed by atoms with E-state index in [-0.39, 0.29) is 28.8 Å². The molecule has 0 spiro atoms. The number of carbonyl (C=O) groups is 2. The van der Waals surface area contributed by atoms with E-state index >= 15 is 0 Å². The first-order chi connectivity index (χ1) is 9.88. The third-order valence-corrected chi connectivity index (χ3v) is 4.92. The molecule has 7 heteroatoms. The molecule has 2 N–H and O–H groups in total. The molecule has 1 aromatic heterocycles. The van der Waals surface area contributed by atoms with Crippen molar-refractivity contribution in [1.82, 2.24) is 10.3 Å². The topological polar surface area (TPSA) is 88.5 Å². The number of amides is 1. The van der Waals surface area contributed by atoms with Crippen molar-refractivity contribution in [2.45, 2.75) is 45.8 Å². The monoisotopic (exact) mass is 312 g/mol. The zero-order chi connectivity index (χ0) is 15.6. The highest BCUT2D eigenvalue weighted by Gasteiger charge is 2.27. The van der Waals surface area contributed by atoms with E-state index in [0.717, 1.165) is 24.2 Å². The van der Waals surface area contributed by atoms with Crippen LogP contribution >= 0.6 is 11.3 Å². The molecule has 0 radical (unpaired) electrons. The predicted octanol–water partition coefficient (Wildman–Crippen LogP) is 2.14. The lowest BCUT2D eigenvalue weighted by Gasteiger charge is -2.27. The van der Waals surface area contributed by atoms with Gasteiger partial charge in [-0.15, -0.1) is 11.3 Å². The molecular formula is C14H20N2O4S. The predicted molar refractivity (Wildman–Crippen MR) is 78.5 cm³/mol. The van der Waals surface area contributed by atoms with Gasteiger partial charge >= 0.3 is 5.97 Å². The number of aromatic nitrogens is 1. The lowest BCUT2D eigenvalue weighted by Crippen LogP contribution is -2.37. The highest BCUT2D eigenvalue weighted by Crippen LogP contribution is 2.25. The van der Waals surface area contributed by atoms with Gasteiger partial charge in [0.15, 0.2) is 0 Å². The van der Waals surface area contributed by atoms with Crippen molar-refractivity contribution in [1.29, 1.82) is 0 Å². The van der Waals surface area contributed by atoms with Crippen molar-refractivity contribution in [3.63, 3.8) is 0 Å². The van der Waals surface area contributed by atoms with E-state index in [1.807, 2.05) is 13.8 Å². The van der Waals surface area contributed by atoms with Crippen molar-refractivity contribution >= 4 is 23.2 Å². The second-order valence-corrected chi connectivity index (χ2v) is 6.44. The Labute approximate surface area is 127 Å². The molecule has 116 valence electrons. The summed E-state index contributed by atoms with van der Waals surface area (Å²) in [7, 11) is 0. The SMILES string of the molecule is Cc1nc(C(C)NC(=O)C2CCOC(C)C2)sc1C(=O)O. The molecule has 21 heavy (non-hydrogen) atoms. The number of thiazole rings is 1. The molecule has 1 aromatic rings. The third kappa shape index (κ3) is 3.79. The van der Waals surface area contributed by atoms with Gasteiger partial charge in [-0.3, -0.25) is 4.79 Å². The van der Waals surface area contributed by atoms with Crippen molar-refractivity contribution in [2.75, 3.05) is 6.61 Å². The fourth-order valence-corrected chi connectivity index (χ4v) is 3.34. The first-order valence-corrected chi connectivity index (χ1v) is 7.82. The molecule has 0 saturated carbocycles. The summed E-state index contributed by atoms with van der Waals surface area (Å²) < 4.78 is 5.44. The first-order valence-electron chi connectivity index (χ1n) is 7.01. The Bertz CT molecular complexity index is 543. The van der Waals surface area contributed by atoms with Crippen LogP contribution in [0.2, 0.25) is 0 Å². The van der Waals surface area contributed by atoms with Crippen LogP contribution in [0.5, 0.6) is 0 Å². The molecule has 3 atom stereocenters. The Morgan fingerprint density at radius 3 is 2.81 bits per heavy atom. The Kier molecular flexibility index (Phi) is 4.95. The highest BCUT2D eigenvalue weighted by molar-refractivity contribution is 7.13. The van der Waals surface area contributed by atoms with Gasteiger partial charge in [0.05, 0.1) is 17.8 Å². The van der Waals surface area contributed by atoms with Crippen molar-refractivity contribution in [3.8, 4) is 0 Å². The van der Waals surface area contributed by atoms with Crippen LogP contribution in [0.1, 0.15) is 53.1 Å². The van der Waals surface area contributed by atoms with Gasteiger partial charge in [0.1, 0.15) is 9.88 Å². The number of nitrogens with zero attached hydrogens (tertiary/aromatic N) is 1. The summed E-state index contributed by atoms with van der Waals surface area (Å²) in [6, 6.07) is -0.285. The average molecular weight is 312 g/mol. The lowest BCUT2D eigenvalue weighted by atomic mass is 9.95. The summed E-state index contributed by atoms with van der Waals surface area (Å²) >= 11 is 1.11. The van der Waals surface area contributed by atoms with Crippen LogP contribution in [0, 0.1) is 12.8 Å². The normalized spacial score (nSPS) is 23.6. The van der Waals surface area contributed by atoms with E-state index in [9.17, 15) is 9.59 Å². The minimum atomic E-state index is -0.979. The quantitative estimate of drug-likeness (QED) is 0.889. The molecule has 1 aliphatic heterocycles. The number of hydrogen-bond donors (Lipinski definition) is 2.